The minimum absolute atomic E-state index is 0.156. The fraction of sp³-hybridized carbons (Fsp3) is 0.333. The lowest BCUT2D eigenvalue weighted by atomic mass is 10.1. The number of nitrogens with one attached hydrogen (secondary N) is 1. The van der Waals surface area contributed by atoms with Crippen molar-refractivity contribution in [3.63, 3.8) is 0 Å². The monoisotopic (exact) mass is 447 g/mol. The standard InChI is InChI=1S/C21H22Cl2F3NO2/c1-14-12-18(28-11-8-19(22)23)13-15(2)20(14)29-10-3-9-27-17-6-4-16(5-7-17)21(24,25)26/h4-8,12-13,27H,3,9-11H2,1-2H3. The predicted octanol–water partition coefficient (Wildman–Crippen LogP) is 6.90. The van der Waals surface area contributed by atoms with Crippen LogP contribution in [-0.2, 0) is 6.18 Å². The third kappa shape index (κ3) is 7.71. The van der Waals surface area contributed by atoms with Crippen LogP contribution in [0.5, 0.6) is 11.5 Å². The third-order valence-electron chi connectivity index (χ3n) is 4.03. The maximum absolute atomic E-state index is 12.6. The molecule has 0 aromatic heterocycles. The summed E-state index contributed by atoms with van der Waals surface area (Å²) >= 11 is 11.1. The van der Waals surface area contributed by atoms with Gasteiger partial charge in [-0.15, -0.1) is 0 Å². The van der Waals surface area contributed by atoms with Crippen LogP contribution in [0.1, 0.15) is 23.1 Å². The molecule has 0 unspecified atom stereocenters. The van der Waals surface area contributed by atoms with Crippen molar-refractivity contribution in [2.45, 2.75) is 26.4 Å². The number of rotatable bonds is 9. The number of aryl methyl sites for hydroxylation is 2. The van der Waals surface area contributed by atoms with Gasteiger partial charge in [-0.2, -0.15) is 13.2 Å². The Kier molecular flexibility index (Phi) is 8.53. The summed E-state index contributed by atoms with van der Waals surface area (Å²) in [7, 11) is 0. The van der Waals surface area contributed by atoms with Crippen LogP contribution in [0.15, 0.2) is 47.0 Å². The second-order valence-electron chi connectivity index (χ2n) is 6.39. The highest BCUT2D eigenvalue weighted by Gasteiger charge is 2.29. The Hall–Kier alpha value is -2.05. The minimum atomic E-state index is -4.32. The zero-order valence-electron chi connectivity index (χ0n) is 16.1. The van der Waals surface area contributed by atoms with Crippen molar-refractivity contribution in [2.24, 2.45) is 0 Å². The van der Waals surface area contributed by atoms with E-state index in [0.29, 0.717) is 31.0 Å². The summed E-state index contributed by atoms with van der Waals surface area (Å²) in [4.78, 5) is 0. The highest BCUT2D eigenvalue weighted by atomic mass is 35.5. The highest BCUT2D eigenvalue weighted by molar-refractivity contribution is 6.55. The van der Waals surface area contributed by atoms with Crippen LogP contribution in [0.2, 0.25) is 0 Å². The van der Waals surface area contributed by atoms with Crippen LogP contribution < -0.4 is 14.8 Å². The largest absolute Gasteiger partial charge is 0.493 e. The first-order chi connectivity index (χ1) is 13.7. The molecule has 0 aliphatic heterocycles. The molecular weight excluding hydrogens is 426 g/mol. The van der Waals surface area contributed by atoms with Crippen molar-refractivity contribution < 1.29 is 22.6 Å². The average Bonchev–Trinajstić information content (AvgIpc) is 2.62. The van der Waals surface area contributed by atoms with Crippen LogP contribution in [0.25, 0.3) is 0 Å². The molecule has 8 heteroatoms. The smallest absolute Gasteiger partial charge is 0.416 e. The molecule has 0 bridgehead atoms. The number of halogens is 5. The van der Waals surface area contributed by atoms with Crippen LogP contribution in [0.3, 0.4) is 0 Å². The Balaban J connectivity index is 1.79. The highest BCUT2D eigenvalue weighted by Crippen LogP contribution is 2.30. The van der Waals surface area contributed by atoms with Gasteiger partial charge in [0.05, 0.1) is 12.2 Å². The van der Waals surface area contributed by atoms with Gasteiger partial charge in [-0.3, -0.25) is 0 Å². The molecule has 0 amide bonds. The second-order valence-corrected chi connectivity index (χ2v) is 7.40. The summed E-state index contributed by atoms with van der Waals surface area (Å²) in [5.41, 5.74) is 1.86. The van der Waals surface area contributed by atoms with Gasteiger partial charge in [0.25, 0.3) is 0 Å². The SMILES string of the molecule is Cc1cc(OCC=C(Cl)Cl)cc(C)c1OCCCNc1ccc(C(F)(F)F)cc1. The van der Waals surface area contributed by atoms with Gasteiger partial charge in [0.15, 0.2) is 0 Å². The van der Waals surface area contributed by atoms with Gasteiger partial charge in [0.2, 0.25) is 0 Å². The number of hydrogen-bond donors (Lipinski definition) is 1. The molecule has 0 atom stereocenters. The number of benzene rings is 2. The maximum Gasteiger partial charge on any atom is 0.416 e. The molecule has 0 spiro atoms. The van der Waals surface area contributed by atoms with Crippen molar-refractivity contribution >= 4 is 28.9 Å². The fourth-order valence-corrected chi connectivity index (χ4v) is 2.80. The van der Waals surface area contributed by atoms with E-state index in [-0.39, 0.29) is 11.1 Å². The topological polar surface area (TPSA) is 30.5 Å². The lowest BCUT2D eigenvalue weighted by molar-refractivity contribution is -0.137. The van der Waals surface area contributed by atoms with E-state index in [4.69, 9.17) is 32.7 Å². The van der Waals surface area contributed by atoms with Gasteiger partial charge in [-0.05, 0) is 73.9 Å². The summed E-state index contributed by atoms with van der Waals surface area (Å²) in [6, 6.07) is 8.71. The second kappa shape index (κ2) is 10.6. The van der Waals surface area contributed by atoms with E-state index in [2.05, 4.69) is 5.32 Å². The van der Waals surface area contributed by atoms with Gasteiger partial charge >= 0.3 is 6.18 Å². The summed E-state index contributed by atoms with van der Waals surface area (Å²) in [6.45, 7) is 5.19. The average molecular weight is 448 g/mol. The molecule has 1 N–H and O–H groups in total. The number of hydrogen-bond acceptors (Lipinski definition) is 3. The van der Waals surface area contributed by atoms with E-state index in [1.165, 1.54) is 12.1 Å². The first-order valence-corrected chi connectivity index (χ1v) is 9.71. The number of alkyl halides is 3. The molecule has 2 rings (SSSR count). The quantitative estimate of drug-likeness (QED) is 0.424. The fourth-order valence-electron chi connectivity index (χ4n) is 2.68. The molecule has 2 aromatic rings. The van der Waals surface area contributed by atoms with Gasteiger partial charge in [0.1, 0.15) is 22.6 Å². The minimum Gasteiger partial charge on any atom is -0.493 e. The summed E-state index contributed by atoms with van der Waals surface area (Å²) in [5, 5.41) is 3.09. The Morgan fingerprint density at radius 1 is 1.03 bits per heavy atom. The van der Waals surface area contributed by atoms with Crippen molar-refractivity contribution in [2.75, 3.05) is 25.1 Å². The third-order valence-corrected chi connectivity index (χ3v) is 4.34. The number of ether oxygens (including phenoxy) is 2. The van der Waals surface area contributed by atoms with E-state index in [1.807, 2.05) is 26.0 Å². The first-order valence-electron chi connectivity index (χ1n) is 8.96. The molecule has 0 heterocycles. The summed E-state index contributed by atoms with van der Waals surface area (Å²) < 4.78 is 49.3. The Morgan fingerprint density at radius 2 is 1.66 bits per heavy atom. The first kappa shape index (κ1) is 23.2. The van der Waals surface area contributed by atoms with E-state index in [1.54, 1.807) is 6.08 Å². The Bertz CT molecular complexity index is 810. The van der Waals surface area contributed by atoms with Crippen molar-refractivity contribution in [3.05, 3.63) is 63.7 Å². The van der Waals surface area contributed by atoms with Crippen molar-refractivity contribution in [3.8, 4) is 11.5 Å². The Morgan fingerprint density at radius 3 is 2.21 bits per heavy atom. The molecule has 2 aromatic carbocycles. The van der Waals surface area contributed by atoms with Gasteiger partial charge in [-0.25, -0.2) is 0 Å². The zero-order valence-corrected chi connectivity index (χ0v) is 17.6. The van der Waals surface area contributed by atoms with E-state index >= 15 is 0 Å². The van der Waals surface area contributed by atoms with Gasteiger partial charge < -0.3 is 14.8 Å². The van der Waals surface area contributed by atoms with Crippen molar-refractivity contribution in [1.29, 1.82) is 0 Å². The molecule has 3 nitrogen and oxygen atoms in total. The number of anilines is 1. The van der Waals surface area contributed by atoms with Gasteiger partial charge in [0, 0.05) is 12.2 Å². The van der Waals surface area contributed by atoms with Crippen LogP contribution in [0.4, 0.5) is 18.9 Å². The molecule has 0 radical (unpaired) electrons. The molecule has 0 fully saturated rings. The Labute approximate surface area is 178 Å². The predicted molar refractivity (Wildman–Crippen MR) is 111 cm³/mol. The van der Waals surface area contributed by atoms with Crippen LogP contribution >= 0.6 is 23.2 Å². The molecule has 0 saturated heterocycles. The zero-order chi connectivity index (χ0) is 21.4. The van der Waals surface area contributed by atoms with Crippen LogP contribution in [-0.4, -0.2) is 19.8 Å². The van der Waals surface area contributed by atoms with Crippen molar-refractivity contribution in [1.82, 2.24) is 0 Å². The van der Waals surface area contributed by atoms with Crippen LogP contribution in [0, 0.1) is 13.8 Å². The molecule has 29 heavy (non-hydrogen) atoms. The van der Waals surface area contributed by atoms with E-state index in [0.717, 1.165) is 29.0 Å². The molecule has 0 aliphatic rings. The van der Waals surface area contributed by atoms with E-state index < -0.39 is 11.7 Å². The normalized spacial score (nSPS) is 11.1. The van der Waals surface area contributed by atoms with E-state index in [9.17, 15) is 13.2 Å². The molecular formula is C21H22Cl2F3NO2. The molecule has 0 aliphatic carbocycles. The summed E-state index contributed by atoms with van der Waals surface area (Å²) in [6.07, 6.45) is -2.07. The maximum atomic E-state index is 12.6. The van der Waals surface area contributed by atoms with Gasteiger partial charge in [-0.1, -0.05) is 23.2 Å². The lowest BCUT2D eigenvalue weighted by Gasteiger charge is -2.15. The lowest BCUT2D eigenvalue weighted by Crippen LogP contribution is -2.09. The molecule has 0 saturated carbocycles. The summed E-state index contributed by atoms with van der Waals surface area (Å²) in [5.74, 6) is 1.49. The molecule has 158 valence electrons.